The van der Waals surface area contributed by atoms with Gasteiger partial charge < -0.3 is 15.1 Å². The number of nitrogens with one attached hydrogen (secondary N) is 1. The van der Waals surface area contributed by atoms with E-state index in [1.807, 2.05) is 64.8 Å². The smallest absolute Gasteiger partial charge is 0.246 e. The van der Waals surface area contributed by atoms with Crippen LogP contribution in [0, 0.1) is 12.7 Å². The third-order valence-electron chi connectivity index (χ3n) is 8.15. The maximum Gasteiger partial charge on any atom is 0.246 e. The predicted octanol–water partition coefficient (Wildman–Crippen LogP) is 6.49. The molecule has 1 N–H and O–H groups in total. The van der Waals surface area contributed by atoms with Gasteiger partial charge >= 0.3 is 0 Å². The van der Waals surface area contributed by atoms with E-state index in [9.17, 15) is 4.79 Å². The number of piperazine rings is 1. The second-order valence-electron chi connectivity index (χ2n) is 10.9. The van der Waals surface area contributed by atoms with Gasteiger partial charge in [-0.25, -0.2) is 14.4 Å². The molecule has 1 unspecified atom stereocenters. The van der Waals surface area contributed by atoms with Gasteiger partial charge in [0.1, 0.15) is 17.5 Å². The van der Waals surface area contributed by atoms with E-state index < -0.39 is 0 Å². The van der Waals surface area contributed by atoms with Crippen LogP contribution in [0.1, 0.15) is 51.3 Å². The maximum absolute atomic E-state index is 15.5. The molecule has 0 radical (unpaired) electrons. The van der Waals surface area contributed by atoms with Crippen molar-refractivity contribution in [3.05, 3.63) is 107 Å². The Hall–Kier alpha value is -4.46. The van der Waals surface area contributed by atoms with Gasteiger partial charge in [-0.05, 0) is 82.0 Å². The molecule has 1 aromatic heterocycles. The molecular formula is C35H43FN6O. The number of allylic oxidation sites excluding steroid dienone is 5. The molecule has 0 saturated carbocycles. The normalized spacial score (nSPS) is 18.7. The standard InChI is InChI=1S/C35H43FN6O/c1-10-15-22(5)33(25(8)37-9)42-29(12-3)38-34(41-19-18-40(21-24(41)7)30(43)13-4)27-20-23(6)32(39-35(27)42)31-26(11-2)16-14-17-28(31)36/h10,12-17,20,24,37H,1,4,11,18-19,21H2,2-3,5-9H3/b22-15-,29-12-,33-25+. The number of nitrogens with zero attached hydrogens (tertiary/aromatic N) is 5. The number of anilines is 1. The number of benzene rings is 1. The zero-order valence-electron chi connectivity index (χ0n) is 26.5. The van der Waals surface area contributed by atoms with E-state index in [4.69, 9.17) is 9.98 Å². The third-order valence-corrected chi connectivity index (χ3v) is 8.15. The summed E-state index contributed by atoms with van der Waals surface area (Å²) in [6.07, 6.45) is 7.74. The summed E-state index contributed by atoms with van der Waals surface area (Å²) in [5.41, 5.74) is 6.53. The molecule has 226 valence electrons. The van der Waals surface area contributed by atoms with E-state index in [0.29, 0.717) is 49.0 Å². The van der Waals surface area contributed by atoms with E-state index in [1.165, 1.54) is 12.1 Å². The Kier molecular flexibility index (Phi) is 9.69. The minimum absolute atomic E-state index is 0.00334. The molecule has 1 saturated heterocycles. The molecule has 43 heavy (non-hydrogen) atoms. The third kappa shape index (κ3) is 5.91. The first-order chi connectivity index (χ1) is 20.6. The largest absolute Gasteiger partial charge is 0.390 e. The lowest BCUT2D eigenvalue weighted by Crippen LogP contribution is -2.56. The Labute approximate surface area is 255 Å². The lowest BCUT2D eigenvalue weighted by molar-refractivity contribution is -0.128. The molecule has 1 atom stereocenters. The zero-order chi connectivity index (χ0) is 31.4. The number of carbonyl (C=O) groups is 1. The highest BCUT2D eigenvalue weighted by Gasteiger charge is 2.36. The van der Waals surface area contributed by atoms with E-state index in [2.05, 4.69) is 41.3 Å². The van der Waals surface area contributed by atoms with E-state index >= 15 is 4.39 Å². The molecule has 1 aromatic carbocycles. The quantitative estimate of drug-likeness (QED) is 0.299. The molecule has 2 aliphatic heterocycles. The van der Waals surface area contributed by atoms with Crippen LogP contribution in [0.2, 0.25) is 0 Å². The van der Waals surface area contributed by atoms with Crippen molar-refractivity contribution < 1.29 is 9.18 Å². The fraction of sp³-hybridized carbons (Fsp3) is 0.343. The molecule has 2 aliphatic rings. The van der Waals surface area contributed by atoms with Crippen LogP contribution in [0.15, 0.2) is 89.5 Å². The Morgan fingerprint density at radius 1 is 1.23 bits per heavy atom. The molecule has 4 rings (SSSR count). The van der Waals surface area contributed by atoms with Crippen molar-refractivity contribution in [1.82, 2.24) is 20.1 Å². The van der Waals surface area contributed by atoms with Crippen LogP contribution >= 0.6 is 0 Å². The van der Waals surface area contributed by atoms with Gasteiger partial charge in [0.05, 0.1) is 17.0 Å². The number of hydrogen-bond acceptors (Lipinski definition) is 6. The maximum atomic E-state index is 15.5. The Morgan fingerprint density at radius 2 is 1.98 bits per heavy atom. The SMILES string of the molecule is C=C/C=C(C)\C(=C(\C)NC)N1/C(=C\C)N=C(N2CCN(C(=O)C=C)CC2C)c2cc(C)c(-c3c(F)cccc3CC)nc21. The van der Waals surface area contributed by atoms with Crippen molar-refractivity contribution in [2.75, 3.05) is 31.6 Å². The minimum atomic E-state index is -0.293. The molecule has 8 heteroatoms. The minimum Gasteiger partial charge on any atom is -0.390 e. The first kappa shape index (κ1) is 31.5. The molecule has 7 nitrogen and oxygen atoms in total. The van der Waals surface area contributed by atoms with Crippen molar-refractivity contribution in [1.29, 1.82) is 0 Å². The number of aliphatic imine (C=N–C) groups is 1. The topological polar surface area (TPSA) is 64.1 Å². The number of amidine groups is 1. The van der Waals surface area contributed by atoms with Gasteiger partial charge in [0, 0.05) is 44.0 Å². The van der Waals surface area contributed by atoms with Crippen LogP contribution in [0.25, 0.3) is 11.3 Å². The van der Waals surface area contributed by atoms with Gasteiger partial charge in [-0.15, -0.1) is 0 Å². The van der Waals surface area contributed by atoms with Crippen molar-refractivity contribution in [2.45, 2.75) is 54.0 Å². The summed E-state index contributed by atoms with van der Waals surface area (Å²) >= 11 is 0. The number of pyridine rings is 1. The van der Waals surface area contributed by atoms with Crippen LogP contribution in [-0.2, 0) is 11.2 Å². The van der Waals surface area contributed by atoms with Gasteiger partial charge in [0.2, 0.25) is 5.91 Å². The van der Waals surface area contributed by atoms with Gasteiger partial charge in [-0.2, -0.15) is 0 Å². The average molecular weight is 583 g/mol. The van der Waals surface area contributed by atoms with E-state index in [-0.39, 0.29) is 17.8 Å². The van der Waals surface area contributed by atoms with Crippen molar-refractivity contribution in [2.24, 2.45) is 4.99 Å². The van der Waals surface area contributed by atoms with Crippen molar-refractivity contribution in [3.63, 3.8) is 0 Å². The number of rotatable bonds is 7. The first-order valence-electron chi connectivity index (χ1n) is 14.8. The fourth-order valence-corrected chi connectivity index (χ4v) is 5.90. The molecule has 3 heterocycles. The van der Waals surface area contributed by atoms with Gasteiger partial charge in [-0.3, -0.25) is 9.69 Å². The zero-order valence-corrected chi connectivity index (χ0v) is 26.5. The van der Waals surface area contributed by atoms with Crippen molar-refractivity contribution in [3.8, 4) is 11.3 Å². The second kappa shape index (κ2) is 13.2. The van der Waals surface area contributed by atoms with Gasteiger partial charge in [-0.1, -0.05) is 44.4 Å². The highest BCUT2D eigenvalue weighted by Crippen LogP contribution is 2.40. The molecule has 0 aliphatic carbocycles. The van der Waals surface area contributed by atoms with Gasteiger partial charge in [0.15, 0.2) is 5.82 Å². The summed E-state index contributed by atoms with van der Waals surface area (Å²) in [6, 6.07) is 7.29. The van der Waals surface area contributed by atoms with Crippen LogP contribution in [-0.4, -0.2) is 59.3 Å². The number of aromatic nitrogens is 1. The summed E-state index contributed by atoms with van der Waals surface area (Å²) < 4.78 is 15.5. The van der Waals surface area contributed by atoms with Crippen molar-refractivity contribution >= 4 is 17.6 Å². The summed E-state index contributed by atoms with van der Waals surface area (Å²) in [6.45, 7) is 21.4. The van der Waals surface area contributed by atoms with Crippen LogP contribution in [0.3, 0.4) is 0 Å². The highest BCUT2D eigenvalue weighted by molar-refractivity contribution is 6.07. The Balaban J connectivity index is 2.02. The number of aryl methyl sites for hydroxylation is 2. The second-order valence-corrected chi connectivity index (χ2v) is 10.9. The lowest BCUT2D eigenvalue weighted by atomic mass is 9.96. The predicted molar refractivity (Wildman–Crippen MR) is 175 cm³/mol. The van der Waals surface area contributed by atoms with E-state index in [0.717, 1.165) is 39.5 Å². The molecule has 1 amide bonds. The number of fused-ring (bicyclic) bond motifs is 1. The monoisotopic (exact) mass is 582 g/mol. The fourth-order valence-electron chi connectivity index (χ4n) is 5.90. The summed E-state index contributed by atoms with van der Waals surface area (Å²) in [5.74, 6) is 1.79. The molecule has 0 spiro atoms. The van der Waals surface area contributed by atoms with Gasteiger partial charge in [0.25, 0.3) is 0 Å². The first-order valence-corrected chi connectivity index (χ1v) is 14.8. The summed E-state index contributed by atoms with van der Waals surface area (Å²) in [4.78, 5) is 29.0. The number of hydrogen-bond donors (Lipinski definition) is 1. The Morgan fingerprint density at radius 3 is 2.58 bits per heavy atom. The van der Waals surface area contributed by atoms with Crippen LogP contribution < -0.4 is 10.2 Å². The summed E-state index contributed by atoms with van der Waals surface area (Å²) in [5, 5.41) is 3.31. The number of carbonyl (C=O) groups excluding carboxylic acids is 1. The lowest BCUT2D eigenvalue weighted by Gasteiger charge is -2.44. The molecule has 0 bridgehead atoms. The molecular weight excluding hydrogens is 539 g/mol. The molecule has 1 fully saturated rings. The molecule has 2 aromatic rings. The number of amides is 1. The highest BCUT2D eigenvalue weighted by atomic mass is 19.1. The van der Waals surface area contributed by atoms with Crippen LogP contribution in [0.4, 0.5) is 10.2 Å². The van der Waals surface area contributed by atoms with E-state index in [1.54, 1.807) is 12.1 Å². The van der Waals surface area contributed by atoms with Crippen LogP contribution in [0.5, 0.6) is 0 Å². The number of halogens is 1. The summed E-state index contributed by atoms with van der Waals surface area (Å²) in [7, 11) is 1.89. The average Bonchev–Trinajstić information content (AvgIpc) is 3.00. The Bertz CT molecular complexity index is 1570.